The summed E-state index contributed by atoms with van der Waals surface area (Å²) in [6.07, 6.45) is 0. The molecule has 27 heavy (non-hydrogen) atoms. The fourth-order valence-corrected chi connectivity index (χ4v) is 2.74. The summed E-state index contributed by atoms with van der Waals surface area (Å²) < 4.78 is 12.4. The zero-order valence-corrected chi connectivity index (χ0v) is 16.0. The lowest BCUT2D eigenvalue weighted by atomic mass is 10.1. The maximum Gasteiger partial charge on any atom is 0.287 e. The molecule has 0 aliphatic carbocycles. The van der Waals surface area contributed by atoms with E-state index in [1.165, 1.54) is 4.68 Å². The van der Waals surface area contributed by atoms with E-state index < -0.39 is 0 Å². The minimum absolute atomic E-state index is 0.00988. The van der Waals surface area contributed by atoms with Crippen LogP contribution in [-0.4, -0.2) is 15.7 Å². The number of amides is 1. The van der Waals surface area contributed by atoms with Crippen molar-refractivity contribution in [3.8, 4) is 5.75 Å². The highest BCUT2D eigenvalue weighted by atomic mass is 32.1. The highest BCUT2D eigenvalue weighted by molar-refractivity contribution is 7.71. The molecule has 0 fully saturated rings. The number of nitrogens with zero attached hydrogens (tertiary/aromatic N) is 2. The second kappa shape index (κ2) is 8.64. The van der Waals surface area contributed by atoms with Crippen molar-refractivity contribution in [2.75, 3.05) is 0 Å². The van der Waals surface area contributed by atoms with Gasteiger partial charge >= 0.3 is 0 Å². The zero-order chi connectivity index (χ0) is 19.2. The Hall–Kier alpha value is -2.93. The summed E-state index contributed by atoms with van der Waals surface area (Å²) in [6, 6.07) is 17.3. The molecule has 0 unspecified atom stereocenters. The van der Waals surface area contributed by atoms with Gasteiger partial charge in [-0.25, -0.2) is 4.68 Å². The molecular weight excluding hydrogens is 362 g/mol. The normalized spacial score (nSPS) is 11.8. The van der Waals surface area contributed by atoms with Crippen LogP contribution in [0.25, 0.3) is 0 Å². The number of carbonyl (C=O) groups excluding carboxylic acids is 1. The van der Waals surface area contributed by atoms with E-state index >= 15 is 0 Å². The second-order valence-electron chi connectivity index (χ2n) is 6.22. The molecule has 0 spiro atoms. The summed E-state index contributed by atoms with van der Waals surface area (Å²) >= 11 is 5.14. The minimum atomic E-state index is -0.193. The average molecular weight is 383 g/mol. The van der Waals surface area contributed by atoms with Crippen LogP contribution in [0.3, 0.4) is 0 Å². The van der Waals surface area contributed by atoms with Gasteiger partial charge in [-0.15, -0.1) is 5.10 Å². The molecule has 1 aromatic heterocycles. The van der Waals surface area contributed by atoms with Gasteiger partial charge in [0.05, 0.1) is 6.04 Å². The lowest BCUT2D eigenvalue weighted by Crippen LogP contribution is -2.30. The maximum atomic E-state index is 12.3. The highest BCUT2D eigenvalue weighted by Gasteiger charge is 2.13. The third kappa shape index (κ3) is 5.27. The molecule has 2 aromatic carbocycles. The van der Waals surface area contributed by atoms with Crippen LogP contribution >= 0.6 is 12.2 Å². The maximum absolute atomic E-state index is 12.3. The lowest BCUT2D eigenvalue weighted by Gasteiger charge is -2.13. The fourth-order valence-electron chi connectivity index (χ4n) is 2.54. The number of aryl methyl sites for hydroxylation is 1. The van der Waals surface area contributed by atoms with E-state index in [1.54, 1.807) is 0 Å². The monoisotopic (exact) mass is 383 g/mol. The summed E-state index contributed by atoms with van der Waals surface area (Å²) in [7, 11) is 0. The lowest BCUT2D eigenvalue weighted by molar-refractivity contribution is -0.122. The Labute approximate surface area is 162 Å². The van der Waals surface area contributed by atoms with Crippen LogP contribution in [0.4, 0.5) is 0 Å². The fraction of sp³-hybridized carbons (Fsp3) is 0.250. The molecule has 1 N–H and O–H groups in total. The van der Waals surface area contributed by atoms with E-state index in [0.29, 0.717) is 11.6 Å². The van der Waals surface area contributed by atoms with E-state index in [4.69, 9.17) is 21.4 Å². The van der Waals surface area contributed by atoms with Gasteiger partial charge < -0.3 is 14.5 Å². The van der Waals surface area contributed by atoms with E-state index in [2.05, 4.69) is 10.4 Å². The van der Waals surface area contributed by atoms with Crippen molar-refractivity contribution in [2.24, 2.45) is 0 Å². The first-order valence-corrected chi connectivity index (χ1v) is 9.02. The predicted octanol–water partition coefficient (Wildman–Crippen LogP) is 3.97. The van der Waals surface area contributed by atoms with E-state index in [-0.39, 0.29) is 29.9 Å². The number of carbonyl (C=O) groups is 1. The number of hydrogen-bond donors (Lipinski definition) is 1. The van der Waals surface area contributed by atoms with Crippen LogP contribution in [0.15, 0.2) is 59.0 Å². The molecule has 3 aromatic rings. The second-order valence-corrected chi connectivity index (χ2v) is 6.57. The van der Waals surface area contributed by atoms with Crippen LogP contribution in [0.1, 0.15) is 30.0 Å². The number of rotatable bonds is 7. The summed E-state index contributed by atoms with van der Waals surface area (Å²) in [6.45, 7) is 4.07. The molecule has 1 heterocycles. The van der Waals surface area contributed by atoms with E-state index in [0.717, 1.165) is 11.1 Å². The van der Waals surface area contributed by atoms with Gasteiger partial charge in [0.1, 0.15) is 12.3 Å². The predicted molar refractivity (Wildman–Crippen MR) is 104 cm³/mol. The topological polar surface area (TPSA) is 69.3 Å². The standard InChI is InChI=1S/C20H21N3O3S/c1-14-8-10-17(11-9-14)25-13-19-22-23(20(27)26-19)12-18(24)21-15(2)16-6-4-3-5-7-16/h3-11,15H,12-13H2,1-2H3,(H,21,24)/t15-/m0/s1. The first-order chi connectivity index (χ1) is 13.0. The van der Waals surface area contributed by atoms with Gasteiger partial charge in [0, 0.05) is 0 Å². The molecule has 0 radical (unpaired) electrons. The minimum Gasteiger partial charge on any atom is -0.484 e. The van der Waals surface area contributed by atoms with Gasteiger partial charge in [-0.2, -0.15) is 0 Å². The first-order valence-electron chi connectivity index (χ1n) is 8.62. The van der Waals surface area contributed by atoms with E-state index in [1.807, 2.05) is 68.4 Å². The van der Waals surface area contributed by atoms with Crippen LogP contribution in [-0.2, 0) is 17.9 Å². The summed E-state index contributed by atoms with van der Waals surface area (Å²) in [5.74, 6) is 0.844. The zero-order valence-electron chi connectivity index (χ0n) is 15.2. The number of ether oxygens (including phenoxy) is 1. The third-order valence-electron chi connectivity index (χ3n) is 4.00. The smallest absolute Gasteiger partial charge is 0.287 e. The Morgan fingerprint density at radius 3 is 2.63 bits per heavy atom. The number of hydrogen-bond acceptors (Lipinski definition) is 5. The van der Waals surface area contributed by atoms with Gasteiger partial charge in [-0.05, 0) is 43.8 Å². The van der Waals surface area contributed by atoms with Gasteiger partial charge in [0.15, 0.2) is 6.61 Å². The Morgan fingerprint density at radius 2 is 1.93 bits per heavy atom. The molecule has 6 nitrogen and oxygen atoms in total. The molecule has 0 aliphatic heterocycles. The van der Waals surface area contributed by atoms with E-state index in [9.17, 15) is 4.79 Å². The third-order valence-corrected chi connectivity index (χ3v) is 4.30. The summed E-state index contributed by atoms with van der Waals surface area (Å²) in [4.78, 5) is 12.4. The van der Waals surface area contributed by atoms with Gasteiger partial charge in [-0.3, -0.25) is 4.79 Å². The van der Waals surface area contributed by atoms with Crippen LogP contribution in [0.2, 0.25) is 0 Å². The SMILES string of the molecule is Cc1ccc(OCc2nn(CC(=O)N[C@@H](C)c3ccccc3)c(=S)o2)cc1. The largest absolute Gasteiger partial charge is 0.484 e. The van der Waals surface area contributed by atoms with Crippen molar-refractivity contribution < 1.29 is 13.9 Å². The number of nitrogens with one attached hydrogen (secondary N) is 1. The average Bonchev–Trinajstić information content (AvgIpc) is 3.01. The molecule has 0 bridgehead atoms. The molecule has 3 rings (SSSR count). The van der Waals surface area contributed by atoms with Crippen LogP contribution < -0.4 is 10.1 Å². The highest BCUT2D eigenvalue weighted by Crippen LogP contribution is 2.14. The number of benzene rings is 2. The first kappa shape index (κ1) is 18.8. The van der Waals surface area contributed by atoms with Crippen molar-refractivity contribution in [1.82, 2.24) is 15.1 Å². The van der Waals surface area contributed by atoms with Gasteiger partial charge in [0.25, 0.3) is 10.7 Å². The quantitative estimate of drug-likeness (QED) is 0.625. The molecule has 0 saturated carbocycles. The number of aromatic nitrogens is 2. The molecule has 0 aliphatic rings. The summed E-state index contributed by atoms with van der Waals surface area (Å²) in [5.41, 5.74) is 2.18. The van der Waals surface area contributed by atoms with Crippen LogP contribution in [0.5, 0.6) is 5.75 Å². The van der Waals surface area contributed by atoms with Crippen molar-refractivity contribution in [2.45, 2.75) is 33.0 Å². The molecule has 7 heteroatoms. The Kier molecular flexibility index (Phi) is 6.03. The van der Waals surface area contributed by atoms with Gasteiger partial charge in [0.2, 0.25) is 5.91 Å². The van der Waals surface area contributed by atoms with Crippen LogP contribution in [0, 0.1) is 11.8 Å². The molecular formula is C20H21N3O3S. The molecule has 1 amide bonds. The Morgan fingerprint density at radius 1 is 1.22 bits per heavy atom. The Balaban J connectivity index is 1.56. The Bertz CT molecular complexity index is 949. The molecule has 140 valence electrons. The summed E-state index contributed by atoms with van der Waals surface area (Å²) in [5, 5.41) is 7.15. The van der Waals surface area contributed by atoms with Crippen molar-refractivity contribution in [3.05, 3.63) is 76.5 Å². The van der Waals surface area contributed by atoms with Crippen molar-refractivity contribution in [1.29, 1.82) is 0 Å². The molecule has 0 saturated heterocycles. The van der Waals surface area contributed by atoms with Crippen molar-refractivity contribution >= 4 is 18.1 Å². The van der Waals surface area contributed by atoms with Crippen molar-refractivity contribution in [3.63, 3.8) is 0 Å². The molecule has 1 atom stereocenters. The van der Waals surface area contributed by atoms with Gasteiger partial charge in [-0.1, -0.05) is 48.0 Å².